The molecule has 0 aliphatic rings. The molecule has 2 N–H and O–H groups in total. The second kappa shape index (κ2) is 7.81. The smallest absolute Gasteiger partial charge is 0.255 e. The number of para-hydroxylation sites is 1. The summed E-state index contributed by atoms with van der Waals surface area (Å²) >= 11 is 5.88. The second-order valence-electron chi connectivity index (χ2n) is 5.32. The molecule has 128 valence electrons. The normalized spacial score (nSPS) is 10.5. The first-order valence-electron chi connectivity index (χ1n) is 7.76. The van der Waals surface area contributed by atoms with Crippen LogP contribution in [0, 0.1) is 0 Å². The van der Waals surface area contributed by atoms with Crippen molar-refractivity contribution < 1.29 is 9.53 Å². The highest BCUT2D eigenvalue weighted by atomic mass is 35.5. The maximum Gasteiger partial charge on any atom is 0.255 e. The molecule has 0 saturated heterocycles. The molecule has 1 heterocycles. The van der Waals surface area contributed by atoms with Gasteiger partial charge in [0.05, 0.1) is 12.7 Å². The van der Waals surface area contributed by atoms with Crippen LogP contribution < -0.4 is 10.1 Å². The van der Waals surface area contributed by atoms with Crippen LogP contribution >= 0.6 is 11.6 Å². The van der Waals surface area contributed by atoms with Gasteiger partial charge in [-0.05, 0) is 36.4 Å². The lowest BCUT2D eigenvalue weighted by molar-refractivity contribution is 0.0951. The van der Waals surface area contributed by atoms with Crippen molar-refractivity contribution >= 4 is 17.5 Å². The summed E-state index contributed by atoms with van der Waals surface area (Å²) in [5.74, 6) is 1.66. The average Bonchev–Trinajstić information content (AvgIpc) is 3.11. The van der Waals surface area contributed by atoms with Crippen LogP contribution in [0.3, 0.4) is 0 Å². The van der Waals surface area contributed by atoms with Gasteiger partial charge in [0.2, 0.25) is 0 Å². The van der Waals surface area contributed by atoms with Gasteiger partial charge < -0.3 is 10.1 Å². The zero-order chi connectivity index (χ0) is 17.6. The highest BCUT2D eigenvalue weighted by molar-refractivity contribution is 6.30. The van der Waals surface area contributed by atoms with E-state index in [-0.39, 0.29) is 5.91 Å². The number of methoxy groups -OCH3 is 1. The maximum absolute atomic E-state index is 12.2. The SMILES string of the molecule is COc1ccccc1C(=O)NCCc1nc(-c2ccc(Cl)cc2)n[nH]1. The van der Waals surface area contributed by atoms with Crippen LogP contribution in [0.5, 0.6) is 5.75 Å². The molecule has 0 aliphatic heterocycles. The van der Waals surface area contributed by atoms with Crippen molar-refractivity contribution in [2.24, 2.45) is 0 Å². The molecule has 7 heteroatoms. The van der Waals surface area contributed by atoms with Crippen molar-refractivity contribution in [2.45, 2.75) is 6.42 Å². The molecule has 0 spiro atoms. The van der Waals surface area contributed by atoms with Crippen molar-refractivity contribution in [2.75, 3.05) is 13.7 Å². The van der Waals surface area contributed by atoms with E-state index in [0.717, 1.165) is 5.56 Å². The molecule has 0 unspecified atom stereocenters. The Balaban J connectivity index is 1.57. The first kappa shape index (κ1) is 17.0. The van der Waals surface area contributed by atoms with Crippen LogP contribution in [0.1, 0.15) is 16.2 Å². The van der Waals surface area contributed by atoms with E-state index in [2.05, 4.69) is 20.5 Å². The minimum absolute atomic E-state index is 0.185. The molecule has 0 aliphatic carbocycles. The van der Waals surface area contributed by atoms with E-state index >= 15 is 0 Å². The summed E-state index contributed by atoms with van der Waals surface area (Å²) in [5.41, 5.74) is 1.38. The largest absolute Gasteiger partial charge is 0.496 e. The highest BCUT2D eigenvalue weighted by Crippen LogP contribution is 2.18. The quantitative estimate of drug-likeness (QED) is 0.711. The fourth-order valence-electron chi connectivity index (χ4n) is 2.36. The molecule has 0 atom stereocenters. The standard InChI is InChI=1S/C18H17ClN4O2/c1-25-15-5-3-2-4-14(15)18(24)20-11-10-16-21-17(23-22-16)12-6-8-13(19)9-7-12/h2-9H,10-11H2,1H3,(H,20,24)(H,21,22,23). The first-order valence-corrected chi connectivity index (χ1v) is 8.13. The third kappa shape index (κ3) is 4.16. The molecular weight excluding hydrogens is 340 g/mol. The number of nitrogens with zero attached hydrogens (tertiary/aromatic N) is 2. The summed E-state index contributed by atoms with van der Waals surface area (Å²) in [6, 6.07) is 14.4. The highest BCUT2D eigenvalue weighted by Gasteiger charge is 2.11. The molecular formula is C18H17ClN4O2. The van der Waals surface area contributed by atoms with Gasteiger partial charge in [-0.15, -0.1) is 0 Å². The van der Waals surface area contributed by atoms with Crippen molar-refractivity contribution in [1.82, 2.24) is 20.5 Å². The van der Waals surface area contributed by atoms with E-state index < -0.39 is 0 Å². The molecule has 25 heavy (non-hydrogen) atoms. The molecule has 3 aromatic rings. The fourth-order valence-corrected chi connectivity index (χ4v) is 2.48. The lowest BCUT2D eigenvalue weighted by Gasteiger charge is -2.08. The van der Waals surface area contributed by atoms with Crippen molar-refractivity contribution in [3.8, 4) is 17.1 Å². The zero-order valence-electron chi connectivity index (χ0n) is 13.6. The molecule has 1 aromatic heterocycles. The number of rotatable bonds is 6. The Hall–Kier alpha value is -2.86. The molecule has 0 saturated carbocycles. The summed E-state index contributed by atoms with van der Waals surface area (Å²) in [6.07, 6.45) is 0.543. The van der Waals surface area contributed by atoms with Gasteiger partial charge in [-0.2, -0.15) is 5.10 Å². The Morgan fingerprint density at radius 3 is 2.72 bits per heavy atom. The molecule has 2 aromatic carbocycles. The number of aromatic nitrogens is 3. The van der Waals surface area contributed by atoms with Crippen LogP contribution in [0.15, 0.2) is 48.5 Å². The Kier molecular flexibility index (Phi) is 5.30. The van der Waals surface area contributed by atoms with E-state index in [0.29, 0.717) is 40.9 Å². The van der Waals surface area contributed by atoms with E-state index in [4.69, 9.17) is 16.3 Å². The number of halogens is 1. The number of hydrogen-bond donors (Lipinski definition) is 2. The number of H-pyrrole nitrogens is 1. The molecule has 3 rings (SSSR count). The Morgan fingerprint density at radius 2 is 1.96 bits per heavy atom. The Bertz CT molecular complexity index is 862. The number of carbonyl (C=O) groups excluding carboxylic acids is 1. The monoisotopic (exact) mass is 356 g/mol. The topological polar surface area (TPSA) is 79.9 Å². The third-order valence-corrected chi connectivity index (χ3v) is 3.89. The average molecular weight is 357 g/mol. The molecule has 0 fully saturated rings. The van der Waals surface area contributed by atoms with E-state index in [9.17, 15) is 4.79 Å². The van der Waals surface area contributed by atoms with Gasteiger partial charge in [-0.25, -0.2) is 4.98 Å². The fraction of sp³-hybridized carbons (Fsp3) is 0.167. The van der Waals surface area contributed by atoms with Gasteiger partial charge >= 0.3 is 0 Å². The number of aromatic amines is 1. The number of benzene rings is 2. The van der Waals surface area contributed by atoms with Crippen LogP contribution in [0.4, 0.5) is 0 Å². The second-order valence-corrected chi connectivity index (χ2v) is 5.76. The van der Waals surface area contributed by atoms with Gasteiger partial charge in [0.25, 0.3) is 5.91 Å². The van der Waals surface area contributed by atoms with Gasteiger partial charge in [0.15, 0.2) is 5.82 Å². The Labute approximate surface area is 150 Å². The van der Waals surface area contributed by atoms with E-state index in [1.54, 1.807) is 37.4 Å². The van der Waals surface area contributed by atoms with Gasteiger partial charge in [-0.3, -0.25) is 9.89 Å². The molecule has 0 bridgehead atoms. The summed E-state index contributed by atoms with van der Waals surface area (Å²) in [4.78, 5) is 16.7. The summed E-state index contributed by atoms with van der Waals surface area (Å²) in [7, 11) is 1.54. The van der Waals surface area contributed by atoms with Gasteiger partial charge in [0, 0.05) is 23.6 Å². The number of nitrogens with one attached hydrogen (secondary N) is 2. The zero-order valence-corrected chi connectivity index (χ0v) is 14.4. The number of carbonyl (C=O) groups is 1. The summed E-state index contributed by atoms with van der Waals surface area (Å²) < 4.78 is 5.19. The van der Waals surface area contributed by atoms with E-state index in [1.807, 2.05) is 18.2 Å². The van der Waals surface area contributed by atoms with Gasteiger partial charge in [0.1, 0.15) is 11.6 Å². The number of amides is 1. The summed E-state index contributed by atoms with van der Waals surface area (Å²) in [6.45, 7) is 0.437. The first-order chi connectivity index (χ1) is 12.2. The molecule has 0 radical (unpaired) electrons. The van der Waals surface area contributed by atoms with Crippen LogP contribution in [-0.4, -0.2) is 34.7 Å². The number of ether oxygens (including phenoxy) is 1. The van der Waals surface area contributed by atoms with Crippen LogP contribution in [0.2, 0.25) is 5.02 Å². The Morgan fingerprint density at radius 1 is 1.20 bits per heavy atom. The van der Waals surface area contributed by atoms with E-state index in [1.165, 1.54) is 0 Å². The van der Waals surface area contributed by atoms with Crippen LogP contribution in [0.25, 0.3) is 11.4 Å². The van der Waals surface area contributed by atoms with Crippen molar-refractivity contribution in [3.05, 3.63) is 64.9 Å². The summed E-state index contributed by atoms with van der Waals surface area (Å²) in [5, 5.41) is 10.6. The van der Waals surface area contributed by atoms with Gasteiger partial charge in [-0.1, -0.05) is 23.7 Å². The van der Waals surface area contributed by atoms with Crippen molar-refractivity contribution in [3.63, 3.8) is 0 Å². The minimum Gasteiger partial charge on any atom is -0.496 e. The van der Waals surface area contributed by atoms with Crippen molar-refractivity contribution in [1.29, 1.82) is 0 Å². The minimum atomic E-state index is -0.185. The lowest BCUT2D eigenvalue weighted by atomic mass is 10.2. The van der Waals surface area contributed by atoms with Crippen LogP contribution in [-0.2, 0) is 6.42 Å². The predicted octanol–water partition coefficient (Wildman–Crippen LogP) is 3.11. The molecule has 1 amide bonds. The maximum atomic E-state index is 12.2. The molecule has 6 nitrogen and oxygen atoms in total. The lowest BCUT2D eigenvalue weighted by Crippen LogP contribution is -2.26. The third-order valence-electron chi connectivity index (χ3n) is 3.63. The number of hydrogen-bond acceptors (Lipinski definition) is 4. The predicted molar refractivity (Wildman–Crippen MR) is 95.9 cm³/mol.